The van der Waals surface area contributed by atoms with Crippen LogP contribution in [0.1, 0.15) is 13.8 Å². The average Bonchev–Trinajstić information content (AvgIpc) is 1.88. The van der Waals surface area contributed by atoms with Crippen LogP contribution in [0, 0.1) is 18.3 Å². The Kier molecular flexibility index (Phi) is 0.823. The van der Waals surface area contributed by atoms with Crippen molar-refractivity contribution < 1.29 is 10.2 Å². The van der Waals surface area contributed by atoms with Crippen LogP contribution in [0.5, 0.6) is 0 Å². The summed E-state index contributed by atoms with van der Waals surface area (Å²) in [5.41, 5.74) is -0.396. The molecule has 47 valence electrons. The van der Waals surface area contributed by atoms with Crippen molar-refractivity contribution in [2.45, 2.75) is 19.6 Å². The predicted molar refractivity (Wildman–Crippen MR) is 29.8 cm³/mol. The minimum Gasteiger partial charge on any atom is -0.365 e. The molecule has 0 aliphatic heterocycles. The number of aliphatic hydroxyl groups is 2. The Morgan fingerprint density at radius 2 is 1.50 bits per heavy atom. The Labute approximate surface area is 49.1 Å². The molecule has 2 N–H and O–H groups in total. The molecule has 0 aromatic carbocycles. The molecule has 0 amide bonds. The minimum atomic E-state index is -1.51. The average molecular weight is 115 g/mol. The summed E-state index contributed by atoms with van der Waals surface area (Å²) in [6.07, 6.45) is 0. The lowest BCUT2D eigenvalue weighted by Gasteiger charge is -2.02. The Balaban J connectivity index is 2.72. The van der Waals surface area contributed by atoms with Gasteiger partial charge >= 0.3 is 0 Å². The van der Waals surface area contributed by atoms with Gasteiger partial charge in [0, 0.05) is 11.3 Å². The molecule has 0 bridgehead atoms. The lowest BCUT2D eigenvalue weighted by atomic mass is 10.1. The van der Waals surface area contributed by atoms with Crippen molar-refractivity contribution in [1.29, 1.82) is 0 Å². The molecule has 2 nitrogen and oxygen atoms in total. The third-order valence-electron chi connectivity index (χ3n) is 2.22. The van der Waals surface area contributed by atoms with E-state index < -0.39 is 11.2 Å². The van der Waals surface area contributed by atoms with Gasteiger partial charge in [0.25, 0.3) is 0 Å². The highest BCUT2D eigenvalue weighted by molar-refractivity contribution is 5.13. The van der Waals surface area contributed by atoms with Gasteiger partial charge in [-0.15, -0.1) is 0 Å². The zero-order valence-corrected chi connectivity index (χ0v) is 5.18. The molecule has 1 aliphatic rings. The van der Waals surface area contributed by atoms with Crippen LogP contribution in [0.2, 0.25) is 0 Å². The van der Waals surface area contributed by atoms with Crippen LogP contribution in [-0.2, 0) is 0 Å². The maximum Gasteiger partial charge on any atom is 0.171 e. The Bertz CT molecular complexity index is 102. The second-order valence-corrected chi connectivity index (χ2v) is 3.00. The molecule has 0 unspecified atom stereocenters. The molecule has 1 radical (unpaired) electrons. The summed E-state index contributed by atoms with van der Waals surface area (Å²) in [4.78, 5) is 0. The lowest BCUT2D eigenvalue weighted by molar-refractivity contribution is -0.102. The van der Waals surface area contributed by atoms with Gasteiger partial charge in [-0.3, -0.25) is 0 Å². The summed E-state index contributed by atoms with van der Waals surface area (Å²) >= 11 is 0. The molecule has 0 saturated heterocycles. The van der Waals surface area contributed by atoms with Crippen LogP contribution in [0.4, 0.5) is 0 Å². The SMILES string of the molecule is [CH2][C@@H]1C(C)(C)C1(O)O. The van der Waals surface area contributed by atoms with Gasteiger partial charge in [-0.05, 0) is 6.92 Å². The van der Waals surface area contributed by atoms with Crippen molar-refractivity contribution in [3.8, 4) is 0 Å². The molecule has 0 spiro atoms. The molecule has 0 heterocycles. The van der Waals surface area contributed by atoms with Crippen molar-refractivity contribution in [3.05, 3.63) is 6.92 Å². The van der Waals surface area contributed by atoms with Gasteiger partial charge < -0.3 is 10.2 Å². The lowest BCUT2D eigenvalue weighted by Crippen LogP contribution is -2.13. The van der Waals surface area contributed by atoms with Crippen molar-refractivity contribution >= 4 is 0 Å². The second-order valence-electron chi connectivity index (χ2n) is 3.00. The highest BCUT2D eigenvalue weighted by atomic mass is 16.5. The smallest absolute Gasteiger partial charge is 0.171 e. The highest BCUT2D eigenvalue weighted by Gasteiger charge is 2.67. The van der Waals surface area contributed by atoms with Crippen LogP contribution >= 0.6 is 0 Å². The Morgan fingerprint density at radius 3 is 1.50 bits per heavy atom. The zero-order chi connectivity index (χ0) is 6.58. The van der Waals surface area contributed by atoms with Crippen molar-refractivity contribution in [2.24, 2.45) is 11.3 Å². The van der Waals surface area contributed by atoms with Gasteiger partial charge in [-0.2, -0.15) is 0 Å². The van der Waals surface area contributed by atoms with Crippen molar-refractivity contribution in [1.82, 2.24) is 0 Å². The summed E-state index contributed by atoms with van der Waals surface area (Å²) < 4.78 is 0. The van der Waals surface area contributed by atoms with Crippen LogP contribution in [0.25, 0.3) is 0 Å². The third-order valence-corrected chi connectivity index (χ3v) is 2.22. The molecule has 8 heavy (non-hydrogen) atoms. The first-order chi connectivity index (χ1) is 3.40. The molecule has 0 aromatic rings. The maximum absolute atomic E-state index is 8.92. The van der Waals surface area contributed by atoms with E-state index in [9.17, 15) is 0 Å². The molecule has 2 heteroatoms. The third kappa shape index (κ3) is 0.400. The van der Waals surface area contributed by atoms with E-state index >= 15 is 0 Å². The van der Waals surface area contributed by atoms with Gasteiger partial charge in [0.15, 0.2) is 5.79 Å². The Morgan fingerprint density at radius 1 is 1.38 bits per heavy atom. The first-order valence-corrected chi connectivity index (χ1v) is 2.68. The van der Waals surface area contributed by atoms with Crippen molar-refractivity contribution in [2.75, 3.05) is 0 Å². The Hall–Kier alpha value is -0.0800. The van der Waals surface area contributed by atoms with E-state index in [0.29, 0.717) is 0 Å². The summed E-state index contributed by atoms with van der Waals surface area (Å²) in [6, 6.07) is 0. The fourth-order valence-corrected chi connectivity index (χ4v) is 0.821. The zero-order valence-electron chi connectivity index (χ0n) is 5.18. The van der Waals surface area contributed by atoms with E-state index in [0.717, 1.165) is 0 Å². The van der Waals surface area contributed by atoms with Crippen LogP contribution in [-0.4, -0.2) is 16.0 Å². The summed E-state index contributed by atoms with van der Waals surface area (Å²) in [5.74, 6) is -1.73. The molecule has 1 rings (SSSR count). The number of hydrogen-bond donors (Lipinski definition) is 2. The standard InChI is InChI=1S/C6H11O2/c1-4-5(2,3)6(4,7)8/h4,7-8H,1H2,2-3H3/t4-/m1/s1. The van der Waals surface area contributed by atoms with E-state index in [4.69, 9.17) is 10.2 Å². The summed E-state index contributed by atoms with van der Waals surface area (Å²) in [5, 5.41) is 17.8. The van der Waals surface area contributed by atoms with Gasteiger partial charge in [0.2, 0.25) is 0 Å². The summed E-state index contributed by atoms with van der Waals surface area (Å²) in [7, 11) is 0. The predicted octanol–water partition coefficient (Wildman–Crippen LogP) is 0.157. The second kappa shape index (κ2) is 1.09. The minimum absolute atomic E-state index is 0.227. The number of rotatable bonds is 0. The maximum atomic E-state index is 8.92. The van der Waals surface area contributed by atoms with E-state index in [1.54, 1.807) is 13.8 Å². The highest BCUT2D eigenvalue weighted by Crippen LogP contribution is 2.58. The molecule has 1 aliphatic carbocycles. The van der Waals surface area contributed by atoms with Crippen molar-refractivity contribution in [3.63, 3.8) is 0 Å². The number of hydrogen-bond acceptors (Lipinski definition) is 2. The molecule has 1 atom stereocenters. The summed E-state index contributed by atoms with van der Waals surface area (Å²) in [6.45, 7) is 7.12. The first-order valence-electron chi connectivity index (χ1n) is 2.68. The van der Waals surface area contributed by atoms with E-state index in [-0.39, 0.29) is 5.92 Å². The van der Waals surface area contributed by atoms with Crippen LogP contribution < -0.4 is 0 Å². The fourth-order valence-electron chi connectivity index (χ4n) is 0.821. The van der Waals surface area contributed by atoms with Gasteiger partial charge in [0.05, 0.1) is 0 Å². The molecule has 1 fully saturated rings. The van der Waals surface area contributed by atoms with E-state index in [1.165, 1.54) is 0 Å². The van der Waals surface area contributed by atoms with Gasteiger partial charge in [-0.1, -0.05) is 13.8 Å². The van der Waals surface area contributed by atoms with E-state index in [2.05, 4.69) is 6.92 Å². The van der Waals surface area contributed by atoms with Crippen LogP contribution in [0.3, 0.4) is 0 Å². The molecule has 0 aromatic heterocycles. The fraction of sp³-hybridized carbons (Fsp3) is 0.833. The molecule has 1 saturated carbocycles. The topological polar surface area (TPSA) is 40.5 Å². The molecular formula is C6H11O2. The largest absolute Gasteiger partial charge is 0.365 e. The van der Waals surface area contributed by atoms with Crippen LogP contribution in [0.15, 0.2) is 0 Å². The quantitative estimate of drug-likeness (QED) is 0.441. The van der Waals surface area contributed by atoms with Gasteiger partial charge in [-0.25, -0.2) is 0 Å². The normalized spacial score (nSPS) is 39.4. The van der Waals surface area contributed by atoms with E-state index in [1.807, 2.05) is 0 Å². The van der Waals surface area contributed by atoms with Gasteiger partial charge in [0.1, 0.15) is 0 Å². The monoisotopic (exact) mass is 115 g/mol. The molecular weight excluding hydrogens is 104 g/mol. The first kappa shape index (κ1) is 6.05.